The van der Waals surface area contributed by atoms with Gasteiger partial charge in [-0.05, 0) is 43.7 Å². The van der Waals surface area contributed by atoms with Crippen molar-refractivity contribution in [2.45, 2.75) is 44.8 Å². The van der Waals surface area contributed by atoms with Crippen LogP contribution in [-0.2, 0) is 11.3 Å². The summed E-state index contributed by atoms with van der Waals surface area (Å²) in [7, 11) is 1.70. The van der Waals surface area contributed by atoms with Crippen LogP contribution in [0.1, 0.15) is 37.7 Å². The maximum absolute atomic E-state index is 6.23. The van der Waals surface area contributed by atoms with Crippen molar-refractivity contribution >= 4 is 0 Å². The van der Waals surface area contributed by atoms with Crippen LogP contribution in [0.25, 0.3) is 0 Å². The monoisotopic (exact) mass is 317 g/mol. The van der Waals surface area contributed by atoms with Gasteiger partial charge in [-0.3, -0.25) is 0 Å². The minimum Gasteiger partial charge on any atom is -0.497 e. The molecule has 4 heteroatoms. The molecule has 2 aliphatic rings. The molecule has 1 N–H and O–H groups in total. The standard InChI is InChI=1S/C19H27NO3/c1-21-18-9-8-16(13-20-12-15-5-4-10-22-14-15)19(11-18)23-17-6-2-3-7-17/h5,8-9,11,17,20H,2-4,6-7,10,12-14H2,1H3. The molecule has 1 aromatic carbocycles. The van der Waals surface area contributed by atoms with Gasteiger partial charge >= 0.3 is 0 Å². The summed E-state index contributed by atoms with van der Waals surface area (Å²) in [6.07, 6.45) is 8.53. The molecule has 0 atom stereocenters. The Morgan fingerprint density at radius 3 is 2.83 bits per heavy atom. The minimum absolute atomic E-state index is 0.357. The predicted molar refractivity (Wildman–Crippen MR) is 91.1 cm³/mol. The summed E-state index contributed by atoms with van der Waals surface area (Å²) in [5.74, 6) is 1.81. The summed E-state index contributed by atoms with van der Waals surface area (Å²) in [6.45, 7) is 3.26. The Morgan fingerprint density at radius 1 is 1.22 bits per heavy atom. The van der Waals surface area contributed by atoms with Crippen molar-refractivity contribution in [1.29, 1.82) is 0 Å². The van der Waals surface area contributed by atoms with Crippen LogP contribution in [0.4, 0.5) is 0 Å². The molecule has 1 saturated carbocycles. The van der Waals surface area contributed by atoms with Gasteiger partial charge in [0.15, 0.2) is 0 Å². The van der Waals surface area contributed by atoms with Crippen LogP contribution in [0.5, 0.6) is 11.5 Å². The van der Waals surface area contributed by atoms with E-state index in [0.717, 1.165) is 57.1 Å². The van der Waals surface area contributed by atoms with Gasteiger partial charge in [0.05, 0.1) is 26.4 Å². The van der Waals surface area contributed by atoms with E-state index in [1.165, 1.54) is 24.0 Å². The first-order valence-electron chi connectivity index (χ1n) is 8.65. The third-order valence-corrected chi connectivity index (χ3v) is 4.52. The second-order valence-electron chi connectivity index (χ2n) is 6.31. The Morgan fingerprint density at radius 2 is 2.09 bits per heavy atom. The number of rotatable bonds is 7. The molecule has 1 aliphatic heterocycles. The highest BCUT2D eigenvalue weighted by atomic mass is 16.5. The normalized spacial score (nSPS) is 18.7. The number of benzene rings is 1. The Hall–Kier alpha value is -1.52. The highest BCUT2D eigenvalue weighted by molar-refractivity contribution is 5.41. The molecule has 23 heavy (non-hydrogen) atoms. The predicted octanol–water partition coefficient (Wildman–Crippen LogP) is 3.45. The molecule has 126 valence electrons. The van der Waals surface area contributed by atoms with E-state index in [1.54, 1.807) is 7.11 Å². The van der Waals surface area contributed by atoms with E-state index in [1.807, 2.05) is 12.1 Å². The van der Waals surface area contributed by atoms with Crippen LogP contribution in [0.2, 0.25) is 0 Å². The molecule has 0 spiro atoms. The average Bonchev–Trinajstić information content (AvgIpc) is 3.10. The van der Waals surface area contributed by atoms with Crippen LogP contribution in [0.15, 0.2) is 29.8 Å². The van der Waals surface area contributed by atoms with Crippen molar-refractivity contribution in [3.05, 3.63) is 35.4 Å². The molecule has 1 aliphatic carbocycles. The molecule has 0 bridgehead atoms. The summed E-state index contributed by atoms with van der Waals surface area (Å²) >= 11 is 0. The fourth-order valence-electron chi connectivity index (χ4n) is 3.19. The van der Waals surface area contributed by atoms with E-state index in [9.17, 15) is 0 Å². The fourth-order valence-corrected chi connectivity index (χ4v) is 3.19. The zero-order valence-electron chi connectivity index (χ0n) is 14.0. The quantitative estimate of drug-likeness (QED) is 0.782. The molecule has 1 aromatic rings. The van der Waals surface area contributed by atoms with Crippen LogP contribution >= 0.6 is 0 Å². The number of hydrogen-bond acceptors (Lipinski definition) is 4. The summed E-state index contributed by atoms with van der Waals surface area (Å²) in [6, 6.07) is 6.11. The van der Waals surface area contributed by atoms with Gasteiger partial charge in [0.2, 0.25) is 0 Å². The zero-order valence-corrected chi connectivity index (χ0v) is 14.0. The molecule has 3 rings (SSSR count). The molecule has 4 nitrogen and oxygen atoms in total. The molecule has 0 aromatic heterocycles. The topological polar surface area (TPSA) is 39.7 Å². The SMILES string of the molecule is COc1ccc(CNCC2=CCCOC2)c(OC2CCCC2)c1. The van der Waals surface area contributed by atoms with Gasteiger partial charge in [0.1, 0.15) is 11.5 Å². The van der Waals surface area contributed by atoms with E-state index < -0.39 is 0 Å². The largest absolute Gasteiger partial charge is 0.497 e. The lowest BCUT2D eigenvalue weighted by molar-refractivity contribution is 0.148. The number of nitrogens with one attached hydrogen (secondary N) is 1. The average molecular weight is 317 g/mol. The highest BCUT2D eigenvalue weighted by Crippen LogP contribution is 2.30. The number of hydrogen-bond donors (Lipinski definition) is 1. The number of ether oxygens (including phenoxy) is 3. The third kappa shape index (κ3) is 4.72. The van der Waals surface area contributed by atoms with Crippen molar-refractivity contribution in [3.63, 3.8) is 0 Å². The van der Waals surface area contributed by atoms with Gasteiger partial charge in [-0.2, -0.15) is 0 Å². The summed E-state index contributed by atoms with van der Waals surface area (Å²) in [4.78, 5) is 0. The lowest BCUT2D eigenvalue weighted by Gasteiger charge is -2.19. The third-order valence-electron chi connectivity index (χ3n) is 4.52. The molecular weight excluding hydrogens is 290 g/mol. The minimum atomic E-state index is 0.357. The molecule has 0 amide bonds. The van der Waals surface area contributed by atoms with Gasteiger partial charge in [-0.15, -0.1) is 0 Å². The fraction of sp³-hybridized carbons (Fsp3) is 0.579. The van der Waals surface area contributed by atoms with Crippen molar-refractivity contribution < 1.29 is 14.2 Å². The highest BCUT2D eigenvalue weighted by Gasteiger charge is 2.18. The van der Waals surface area contributed by atoms with Gasteiger partial charge in [0.25, 0.3) is 0 Å². The van der Waals surface area contributed by atoms with Gasteiger partial charge in [-0.1, -0.05) is 12.1 Å². The first-order valence-corrected chi connectivity index (χ1v) is 8.65. The molecular formula is C19H27NO3. The van der Waals surface area contributed by atoms with E-state index in [-0.39, 0.29) is 0 Å². The molecule has 0 radical (unpaired) electrons. The van der Waals surface area contributed by atoms with Crippen LogP contribution < -0.4 is 14.8 Å². The summed E-state index contributed by atoms with van der Waals surface area (Å²) < 4.78 is 17.1. The first-order chi connectivity index (χ1) is 11.3. The second kappa shape index (κ2) is 8.37. The van der Waals surface area contributed by atoms with Gasteiger partial charge in [0, 0.05) is 24.7 Å². The van der Waals surface area contributed by atoms with Crippen LogP contribution in [0, 0.1) is 0 Å². The molecule has 1 fully saturated rings. The zero-order chi connectivity index (χ0) is 15.9. The lowest BCUT2D eigenvalue weighted by atomic mass is 10.1. The Bertz CT molecular complexity index is 535. The molecule has 0 unspecified atom stereocenters. The van der Waals surface area contributed by atoms with Gasteiger partial charge < -0.3 is 19.5 Å². The Kier molecular flexibility index (Phi) is 5.94. The van der Waals surface area contributed by atoms with Gasteiger partial charge in [-0.25, -0.2) is 0 Å². The van der Waals surface area contributed by atoms with Crippen molar-refractivity contribution in [1.82, 2.24) is 5.32 Å². The summed E-state index contributed by atoms with van der Waals surface area (Å²) in [5, 5.41) is 3.51. The van der Waals surface area contributed by atoms with Crippen molar-refractivity contribution in [2.24, 2.45) is 0 Å². The Balaban J connectivity index is 1.60. The molecule has 0 saturated heterocycles. The maximum atomic E-state index is 6.23. The van der Waals surface area contributed by atoms with Crippen LogP contribution in [-0.4, -0.2) is 33.0 Å². The first kappa shape index (κ1) is 16.3. The molecule has 1 heterocycles. The van der Waals surface area contributed by atoms with E-state index in [2.05, 4.69) is 17.5 Å². The van der Waals surface area contributed by atoms with Crippen LogP contribution in [0.3, 0.4) is 0 Å². The maximum Gasteiger partial charge on any atom is 0.127 e. The Labute approximate surface area is 138 Å². The lowest BCUT2D eigenvalue weighted by Crippen LogP contribution is -2.22. The smallest absolute Gasteiger partial charge is 0.127 e. The van der Waals surface area contributed by atoms with E-state index in [0.29, 0.717) is 6.10 Å². The van der Waals surface area contributed by atoms with Crippen molar-refractivity contribution in [2.75, 3.05) is 26.9 Å². The van der Waals surface area contributed by atoms with Crippen molar-refractivity contribution in [3.8, 4) is 11.5 Å². The van der Waals surface area contributed by atoms with E-state index in [4.69, 9.17) is 14.2 Å². The number of methoxy groups -OCH3 is 1. The summed E-state index contributed by atoms with van der Waals surface area (Å²) in [5.41, 5.74) is 2.53. The van der Waals surface area contributed by atoms with E-state index >= 15 is 0 Å². The second-order valence-corrected chi connectivity index (χ2v) is 6.31.